The van der Waals surface area contributed by atoms with Gasteiger partial charge in [0.2, 0.25) is 0 Å². The van der Waals surface area contributed by atoms with Crippen LogP contribution < -0.4 is 0 Å². The highest BCUT2D eigenvalue weighted by Gasteiger charge is 2.47. The van der Waals surface area contributed by atoms with Gasteiger partial charge < -0.3 is 4.89 Å². The van der Waals surface area contributed by atoms with Gasteiger partial charge in [-0.15, -0.1) is 0 Å². The van der Waals surface area contributed by atoms with Crippen molar-refractivity contribution in [2.24, 2.45) is 21.7 Å². The van der Waals surface area contributed by atoms with Crippen LogP contribution in [-0.2, 0) is 9.68 Å². The van der Waals surface area contributed by atoms with E-state index in [0.717, 1.165) is 6.42 Å². The topological polar surface area (TPSA) is 46.5 Å². The first-order valence-electron chi connectivity index (χ1n) is 7.05. The van der Waals surface area contributed by atoms with E-state index in [1.165, 1.54) is 0 Å². The summed E-state index contributed by atoms with van der Waals surface area (Å²) < 4.78 is 0. The zero-order valence-electron chi connectivity index (χ0n) is 14.2. The normalized spacial score (nSPS) is 16.9. The van der Waals surface area contributed by atoms with E-state index in [-0.39, 0.29) is 16.2 Å². The summed E-state index contributed by atoms with van der Waals surface area (Å²) in [5.41, 5.74) is -0.685. The standard InChI is InChI=1S/C16H32O3/c1-13(2,3)15(7,8)10-11-16(9,12(17)19-18)14(4,5)6/h18H,10-11H2,1-9H3. The predicted molar refractivity (Wildman–Crippen MR) is 78.8 cm³/mol. The van der Waals surface area contributed by atoms with Crippen LogP contribution in [0.3, 0.4) is 0 Å². The molecule has 1 N–H and O–H groups in total. The molecule has 0 radical (unpaired) electrons. The van der Waals surface area contributed by atoms with Gasteiger partial charge in [0.05, 0.1) is 5.41 Å². The first-order valence-corrected chi connectivity index (χ1v) is 7.05. The van der Waals surface area contributed by atoms with Crippen LogP contribution in [0.2, 0.25) is 0 Å². The SMILES string of the molecule is CC(C)(C)C(C)(C)CCC(C)(C(=O)OO)C(C)(C)C. The Kier molecular flexibility index (Phi) is 5.27. The van der Waals surface area contributed by atoms with E-state index in [0.29, 0.717) is 6.42 Å². The van der Waals surface area contributed by atoms with Gasteiger partial charge in [-0.05, 0) is 36.0 Å². The fourth-order valence-corrected chi connectivity index (χ4v) is 1.82. The Labute approximate surface area is 118 Å². The lowest BCUT2D eigenvalue weighted by atomic mass is 9.60. The van der Waals surface area contributed by atoms with Crippen molar-refractivity contribution in [3.8, 4) is 0 Å². The second kappa shape index (κ2) is 5.43. The highest BCUT2D eigenvalue weighted by atomic mass is 17.1. The molecule has 0 aromatic heterocycles. The lowest BCUT2D eigenvalue weighted by Gasteiger charge is -2.44. The predicted octanol–water partition coefficient (Wildman–Crippen LogP) is 4.91. The van der Waals surface area contributed by atoms with Crippen LogP contribution in [0.5, 0.6) is 0 Å². The van der Waals surface area contributed by atoms with Crippen molar-refractivity contribution in [2.45, 2.75) is 75.2 Å². The van der Waals surface area contributed by atoms with Crippen LogP contribution in [0.25, 0.3) is 0 Å². The summed E-state index contributed by atoms with van der Waals surface area (Å²) >= 11 is 0. The van der Waals surface area contributed by atoms with Gasteiger partial charge in [0.1, 0.15) is 0 Å². The number of carbonyl (C=O) groups is 1. The summed E-state index contributed by atoms with van der Waals surface area (Å²) in [5.74, 6) is -0.537. The summed E-state index contributed by atoms with van der Waals surface area (Å²) in [5, 5.41) is 8.77. The molecule has 3 nitrogen and oxygen atoms in total. The van der Waals surface area contributed by atoms with Crippen molar-refractivity contribution >= 4 is 5.97 Å². The Bertz CT molecular complexity index is 318. The molecule has 0 rings (SSSR count). The molecule has 0 aliphatic rings. The fourth-order valence-electron chi connectivity index (χ4n) is 1.82. The Hall–Kier alpha value is -0.570. The Morgan fingerprint density at radius 3 is 1.53 bits per heavy atom. The van der Waals surface area contributed by atoms with Crippen molar-refractivity contribution in [2.75, 3.05) is 0 Å². The second-order valence-electron chi connectivity index (χ2n) is 8.59. The smallest absolute Gasteiger partial charge is 0.300 e. The molecule has 3 heteroatoms. The van der Waals surface area contributed by atoms with Crippen LogP contribution in [0, 0.1) is 21.7 Å². The van der Waals surface area contributed by atoms with E-state index < -0.39 is 11.4 Å². The van der Waals surface area contributed by atoms with Crippen molar-refractivity contribution in [1.29, 1.82) is 0 Å². The molecule has 0 amide bonds. The van der Waals surface area contributed by atoms with E-state index >= 15 is 0 Å². The largest absolute Gasteiger partial charge is 0.348 e. The number of rotatable bonds is 4. The minimum Gasteiger partial charge on any atom is -0.300 e. The van der Waals surface area contributed by atoms with Gasteiger partial charge in [-0.2, -0.15) is 5.26 Å². The van der Waals surface area contributed by atoms with Crippen molar-refractivity contribution in [3.63, 3.8) is 0 Å². The molecule has 0 heterocycles. The monoisotopic (exact) mass is 272 g/mol. The van der Waals surface area contributed by atoms with Crippen LogP contribution in [0.1, 0.15) is 75.2 Å². The third-order valence-corrected chi connectivity index (χ3v) is 5.47. The average Bonchev–Trinajstić information content (AvgIpc) is 2.21. The average molecular weight is 272 g/mol. The van der Waals surface area contributed by atoms with E-state index in [1.54, 1.807) is 0 Å². The summed E-state index contributed by atoms with van der Waals surface area (Å²) in [6.45, 7) is 19.0. The molecule has 0 fully saturated rings. The maximum absolute atomic E-state index is 12.0. The molecule has 0 saturated carbocycles. The zero-order chi connectivity index (χ0) is 15.7. The number of hydrogen-bond acceptors (Lipinski definition) is 3. The van der Waals surface area contributed by atoms with Gasteiger partial charge in [0.25, 0.3) is 0 Å². The third kappa shape index (κ3) is 3.95. The minimum atomic E-state index is -0.690. The Balaban J connectivity index is 5.15. The highest BCUT2D eigenvalue weighted by Crippen LogP contribution is 2.49. The Morgan fingerprint density at radius 2 is 1.26 bits per heavy atom. The van der Waals surface area contributed by atoms with Gasteiger partial charge in [-0.1, -0.05) is 55.4 Å². The maximum atomic E-state index is 12.0. The quantitative estimate of drug-likeness (QED) is 0.584. The van der Waals surface area contributed by atoms with E-state index in [9.17, 15) is 4.79 Å². The second-order valence-corrected chi connectivity index (χ2v) is 8.59. The van der Waals surface area contributed by atoms with Crippen LogP contribution >= 0.6 is 0 Å². The fraction of sp³-hybridized carbons (Fsp3) is 0.938. The van der Waals surface area contributed by atoms with E-state index in [1.807, 2.05) is 27.7 Å². The van der Waals surface area contributed by atoms with Gasteiger partial charge in [0, 0.05) is 0 Å². The summed E-state index contributed by atoms with van der Waals surface area (Å²) in [6, 6.07) is 0. The molecule has 0 aromatic rings. The molecule has 0 aromatic carbocycles. The lowest BCUT2D eigenvalue weighted by molar-refractivity contribution is -0.251. The zero-order valence-corrected chi connectivity index (χ0v) is 14.2. The molecule has 0 aliphatic carbocycles. The number of hydrogen-bond donors (Lipinski definition) is 1. The minimum absolute atomic E-state index is 0.106. The first-order chi connectivity index (χ1) is 8.19. The van der Waals surface area contributed by atoms with Gasteiger partial charge >= 0.3 is 5.97 Å². The molecule has 1 unspecified atom stereocenters. The first kappa shape index (κ1) is 18.4. The van der Waals surface area contributed by atoms with Crippen LogP contribution in [-0.4, -0.2) is 11.2 Å². The molecule has 114 valence electrons. The highest BCUT2D eigenvalue weighted by molar-refractivity contribution is 5.76. The van der Waals surface area contributed by atoms with Crippen LogP contribution in [0.4, 0.5) is 0 Å². The number of carbonyl (C=O) groups excluding carboxylic acids is 1. The van der Waals surface area contributed by atoms with E-state index in [4.69, 9.17) is 5.26 Å². The Morgan fingerprint density at radius 1 is 0.842 bits per heavy atom. The molecule has 1 atom stereocenters. The van der Waals surface area contributed by atoms with E-state index in [2.05, 4.69) is 39.5 Å². The van der Waals surface area contributed by atoms with Crippen molar-refractivity contribution in [3.05, 3.63) is 0 Å². The lowest BCUT2D eigenvalue weighted by Crippen LogP contribution is -2.43. The molecule has 0 bridgehead atoms. The summed E-state index contributed by atoms with van der Waals surface area (Å²) in [6.07, 6.45) is 1.60. The maximum Gasteiger partial charge on any atom is 0.348 e. The van der Waals surface area contributed by atoms with Gasteiger partial charge in [-0.25, -0.2) is 4.79 Å². The molecular formula is C16H32O3. The van der Waals surface area contributed by atoms with Crippen LogP contribution in [0.15, 0.2) is 0 Å². The molecule has 0 spiro atoms. The van der Waals surface area contributed by atoms with Gasteiger partial charge in [0.15, 0.2) is 0 Å². The molecule has 0 aliphatic heterocycles. The van der Waals surface area contributed by atoms with Crippen molar-refractivity contribution < 1.29 is 14.9 Å². The molecule has 19 heavy (non-hydrogen) atoms. The van der Waals surface area contributed by atoms with Gasteiger partial charge in [-0.3, -0.25) is 0 Å². The molecular weight excluding hydrogens is 240 g/mol. The molecule has 0 saturated heterocycles. The third-order valence-electron chi connectivity index (χ3n) is 5.47. The summed E-state index contributed by atoms with van der Waals surface area (Å²) in [4.78, 5) is 16.0. The van der Waals surface area contributed by atoms with Crippen molar-refractivity contribution in [1.82, 2.24) is 0 Å². The summed E-state index contributed by atoms with van der Waals surface area (Å²) in [7, 11) is 0.